The van der Waals surface area contributed by atoms with Crippen LogP contribution in [0.3, 0.4) is 0 Å². The number of nitrogens with one attached hydrogen (secondary N) is 1. The maximum atomic E-state index is 12.6. The van der Waals surface area contributed by atoms with Crippen molar-refractivity contribution in [1.29, 1.82) is 0 Å². The highest BCUT2D eigenvalue weighted by atomic mass is 16.6. The molecule has 10 nitrogen and oxygen atoms in total. The van der Waals surface area contributed by atoms with Crippen molar-refractivity contribution in [1.82, 2.24) is 5.32 Å². The molecule has 4 N–H and O–H groups in total. The van der Waals surface area contributed by atoms with Gasteiger partial charge in [-0.15, -0.1) is 0 Å². The van der Waals surface area contributed by atoms with Gasteiger partial charge in [-0.3, -0.25) is 9.59 Å². The van der Waals surface area contributed by atoms with Crippen molar-refractivity contribution in [3.05, 3.63) is 47.5 Å². The van der Waals surface area contributed by atoms with Crippen LogP contribution in [0.25, 0.3) is 0 Å². The normalized spacial score (nSPS) is 36.4. The van der Waals surface area contributed by atoms with Crippen molar-refractivity contribution < 1.29 is 39.3 Å². The quantitative estimate of drug-likeness (QED) is 0.250. The summed E-state index contributed by atoms with van der Waals surface area (Å²) in [6.07, 6.45) is 6.00. The Kier molecular flexibility index (Phi) is 8.84. The topological polar surface area (TPSA) is 155 Å². The zero-order valence-electron chi connectivity index (χ0n) is 25.3. The Morgan fingerprint density at radius 3 is 2.56 bits per heavy atom. The van der Waals surface area contributed by atoms with Gasteiger partial charge in [0.05, 0.1) is 18.9 Å². The molecule has 8 atom stereocenters. The van der Waals surface area contributed by atoms with Gasteiger partial charge in [0.15, 0.2) is 12.4 Å². The number of oxime groups is 1. The second-order valence-electron chi connectivity index (χ2n) is 13.3. The summed E-state index contributed by atoms with van der Waals surface area (Å²) in [5.74, 6) is -1.32. The van der Waals surface area contributed by atoms with Gasteiger partial charge in [-0.05, 0) is 79.8 Å². The molecule has 0 spiro atoms. The van der Waals surface area contributed by atoms with E-state index in [2.05, 4.69) is 17.4 Å². The van der Waals surface area contributed by atoms with Crippen LogP contribution in [0.5, 0.6) is 0 Å². The van der Waals surface area contributed by atoms with Crippen LogP contribution in [0.15, 0.2) is 47.1 Å². The van der Waals surface area contributed by atoms with Gasteiger partial charge >= 0.3 is 5.97 Å². The first-order chi connectivity index (χ1) is 20.5. The molecule has 3 saturated carbocycles. The smallest absolute Gasteiger partial charge is 0.328 e. The number of allylic oxidation sites excluding steroid dienone is 2. The summed E-state index contributed by atoms with van der Waals surface area (Å²) in [4.78, 5) is 42.9. The number of carbonyl (C=O) groups is 3. The van der Waals surface area contributed by atoms with E-state index in [4.69, 9.17) is 9.57 Å². The van der Waals surface area contributed by atoms with Gasteiger partial charge in [0.25, 0.3) is 5.91 Å². The lowest BCUT2D eigenvalue weighted by Gasteiger charge is -2.60. The van der Waals surface area contributed by atoms with Crippen LogP contribution in [0, 0.1) is 28.6 Å². The number of rotatable bonds is 9. The van der Waals surface area contributed by atoms with Crippen LogP contribution < -0.4 is 5.32 Å². The highest BCUT2D eigenvalue weighted by Gasteiger charge is 2.68. The van der Waals surface area contributed by atoms with Gasteiger partial charge in [-0.1, -0.05) is 54.9 Å². The number of ketones is 1. The van der Waals surface area contributed by atoms with E-state index in [0.29, 0.717) is 32.1 Å². The molecule has 1 aromatic carbocycles. The van der Waals surface area contributed by atoms with Gasteiger partial charge < -0.3 is 30.2 Å². The molecule has 0 saturated heterocycles. The Hall–Kier alpha value is -3.08. The number of hydrogen-bond acceptors (Lipinski definition) is 9. The van der Waals surface area contributed by atoms with E-state index < -0.39 is 47.4 Å². The Labute approximate surface area is 252 Å². The number of hydrogen-bond donors (Lipinski definition) is 4. The molecule has 0 heterocycles. The number of nitrogens with zero attached hydrogens (tertiary/aromatic N) is 1. The number of aliphatic hydroxyl groups is 3. The first-order valence-electron chi connectivity index (χ1n) is 15.3. The fourth-order valence-electron chi connectivity index (χ4n) is 8.96. The van der Waals surface area contributed by atoms with Crippen LogP contribution >= 0.6 is 0 Å². The predicted molar refractivity (Wildman–Crippen MR) is 158 cm³/mol. The highest BCUT2D eigenvalue weighted by molar-refractivity contribution is 5.96. The number of amides is 1. The lowest BCUT2D eigenvalue weighted by atomic mass is 9.45. The number of fused-ring (bicyclic) bond motifs is 5. The minimum Gasteiger partial charge on any atom is -0.467 e. The summed E-state index contributed by atoms with van der Waals surface area (Å²) in [5.41, 5.74) is 0.181. The number of esters is 1. The van der Waals surface area contributed by atoms with Crippen molar-refractivity contribution in [2.75, 3.05) is 20.3 Å². The standard InChI is InChI=1S/C33H44N2O8/c1-31-13-11-22(35-43-19-28(39)34-25(30(40)42-3)15-20-7-5-4-6-8-20)16-21(31)9-10-23-24-12-14-33(41,27(38)18-36)32(24,2)17-26(37)29(23)31/h4-8,16,23-26,29,36-37,41H,9-15,17-19H2,1-3H3,(H,34,39)/b35-22+/t23-,24-,25-,26-,29+,31-,32-,33-/m0/s1. The van der Waals surface area contributed by atoms with Crippen LogP contribution in [-0.2, 0) is 30.4 Å². The largest absolute Gasteiger partial charge is 0.467 e. The first kappa shape index (κ1) is 31.3. The minimum absolute atomic E-state index is 0.00901. The lowest BCUT2D eigenvalue weighted by molar-refractivity contribution is -0.181. The number of methoxy groups -OCH3 is 1. The molecule has 234 valence electrons. The van der Waals surface area contributed by atoms with Crippen LogP contribution in [0.1, 0.15) is 64.4 Å². The predicted octanol–water partition coefficient (Wildman–Crippen LogP) is 2.49. The van der Waals surface area contributed by atoms with Crippen molar-refractivity contribution in [3.8, 4) is 0 Å². The molecule has 4 aliphatic carbocycles. The lowest BCUT2D eigenvalue weighted by Crippen LogP contribution is -2.62. The van der Waals surface area contributed by atoms with Gasteiger partial charge in [-0.25, -0.2) is 4.79 Å². The van der Waals surface area contributed by atoms with Gasteiger partial charge in [0, 0.05) is 11.8 Å². The van der Waals surface area contributed by atoms with Gasteiger partial charge in [-0.2, -0.15) is 0 Å². The summed E-state index contributed by atoms with van der Waals surface area (Å²) in [7, 11) is 1.28. The molecule has 0 bridgehead atoms. The Balaban J connectivity index is 1.23. The molecule has 3 fully saturated rings. The third-order valence-corrected chi connectivity index (χ3v) is 11.1. The second-order valence-corrected chi connectivity index (χ2v) is 13.3. The summed E-state index contributed by atoms with van der Waals surface area (Å²) >= 11 is 0. The van der Waals surface area contributed by atoms with E-state index in [9.17, 15) is 29.7 Å². The van der Waals surface area contributed by atoms with Crippen LogP contribution in [0.4, 0.5) is 0 Å². The molecule has 0 radical (unpaired) electrons. The third kappa shape index (κ3) is 5.53. The molecule has 10 heteroatoms. The number of Topliss-reactive ketones (excluding diaryl/α,β-unsaturated/α-hetero) is 1. The zero-order valence-corrected chi connectivity index (χ0v) is 25.3. The maximum Gasteiger partial charge on any atom is 0.328 e. The monoisotopic (exact) mass is 596 g/mol. The van der Waals surface area contributed by atoms with E-state index in [1.807, 2.05) is 43.3 Å². The Morgan fingerprint density at radius 1 is 1.12 bits per heavy atom. The van der Waals surface area contributed by atoms with E-state index >= 15 is 0 Å². The van der Waals surface area contributed by atoms with Crippen LogP contribution in [-0.4, -0.2) is 76.8 Å². The molecule has 0 aliphatic heterocycles. The van der Waals surface area contributed by atoms with E-state index in [1.165, 1.54) is 12.7 Å². The molecular weight excluding hydrogens is 552 g/mol. The van der Waals surface area contributed by atoms with Crippen molar-refractivity contribution in [2.45, 2.75) is 83.0 Å². The average Bonchev–Trinajstić information content (AvgIpc) is 3.26. The van der Waals surface area contributed by atoms with Gasteiger partial charge in [0.2, 0.25) is 0 Å². The first-order valence-corrected chi connectivity index (χ1v) is 15.3. The van der Waals surface area contributed by atoms with Gasteiger partial charge in [0.1, 0.15) is 18.2 Å². The molecule has 1 aromatic rings. The summed E-state index contributed by atoms with van der Waals surface area (Å²) in [6, 6.07) is 8.51. The fraction of sp³-hybridized carbons (Fsp3) is 0.636. The van der Waals surface area contributed by atoms with Crippen LogP contribution in [0.2, 0.25) is 0 Å². The van der Waals surface area contributed by atoms with E-state index in [0.717, 1.165) is 30.5 Å². The summed E-state index contributed by atoms with van der Waals surface area (Å²) in [5, 5.41) is 39.4. The number of ether oxygens (including phenoxy) is 1. The minimum atomic E-state index is -1.61. The molecule has 5 rings (SSSR count). The molecule has 4 aliphatic rings. The summed E-state index contributed by atoms with van der Waals surface area (Å²) < 4.78 is 4.86. The number of aliphatic hydroxyl groups excluding tert-OH is 2. The molecule has 1 amide bonds. The molecular formula is C33H44N2O8. The zero-order chi connectivity index (χ0) is 31.0. The molecule has 43 heavy (non-hydrogen) atoms. The molecule has 0 unspecified atom stereocenters. The SMILES string of the molecule is COC(=O)[C@H](Cc1ccccc1)NC(=O)CO/N=C1/C=C2CC[C@@H]3[C@H]([C@@H](O)C[C@@]4(C)[C@H]3CC[C@]4(O)C(=O)CO)[C@@]2(C)CC1. The number of benzene rings is 1. The number of carbonyl (C=O) groups excluding carboxylic acids is 3. The summed E-state index contributed by atoms with van der Waals surface area (Å²) in [6.45, 7) is 3.08. The molecule has 0 aromatic heterocycles. The van der Waals surface area contributed by atoms with Crippen molar-refractivity contribution in [3.63, 3.8) is 0 Å². The van der Waals surface area contributed by atoms with E-state index in [1.54, 1.807) is 0 Å². The average molecular weight is 597 g/mol. The third-order valence-electron chi connectivity index (χ3n) is 11.1. The highest BCUT2D eigenvalue weighted by Crippen LogP contribution is 2.67. The Morgan fingerprint density at radius 2 is 1.86 bits per heavy atom. The van der Waals surface area contributed by atoms with E-state index in [-0.39, 0.29) is 29.8 Å². The van der Waals surface area contributed by atoms with Crippen molar-refractivity contribution in [2.24, 2.45) is 33.7 Å². The van der Waals surface area contributed by atoms with Crippen molar-refractivity contribution >= 4 is 23.4 Å². The Bertz CT molecular complexity index is 1300. The fourth-order valence-corrected chi connectivity index (χ4v) is 8.96. The maximum absolute atomic E-state index is 12.6. The second kappa shape index (κ2) is 12.1.